The molecule has 18 heavy (non-hydrogen) atoms. The summed E-state index contributed by atoms with van der Waals surface area (Å²) in [6.45, 7) is 0. The second-order valence-corrected chi connectivity index (χ2v) is 5.72. The monoisotopic (exact) mass is 282 g/mol. The predicted octanol–water partition coefficient (Wildman–Crippen LogP) is 4.59. The second kappa shape index (κ2) is 5.10. The molecular weight excluding hydrogens is 267 g/mol. The van der Waals surface area contributed by atoms with Gasteiger partial charge in [-0.2, -0.15) is 0 Å². The number of benzene rings is 1. The standard InChI is InChI=1S/C14H16Cl2N2/c15-8-7-14-17-12-6-5-10(16)9-13(12)18(14)11-3-1-2-4-11/h5-6,9,11H,1-4,7-8H2. The molecule has 3 rings (SSSR count). The van der Waals surface area contributed by atoms with E-state index < -0.39 is 0 Å². The Balaban J connectivity index is 2.16. The molecule has 0 radical (unpaired) electrons. The molecule has 0 spiro atoms. The van der Waals surface area contributed by atoms with Gasteiger partial charge in [0.25, 0.3) is 0 Å². The Morgan fingerprint density at radius 3 is 2.78 bits per heavy atom. The van der Waals surface area contributed by atoms with Crippen molar-refractivity contribution in [2.45, 2.75) is 38.1 Å². The highest BCUT2D eigenvalue weighted by molar-refractivity contribution is 6.31. The first kappa shape index (κ1) is 12.3. The number of imidazole rings is 1. The summed E-state index contributed by atoms with van der Waals surface area (Å²) in [5.41, 5.74) is 2.20. The maximum absolute atomic E-state index is 6.12. The van der Waals surface area contributed by atoms with Crippen LogP contribution in [0.4, 0.5) is 0 Å². The zero-order valence-electron chi connectivity index (χ0n) is 10.2. The summed E-state index contributed by atoms with van der Waals surface area (Å²) in [4.78, 5) is 4.71. The summed E-state index contributed by atoms with van der Waals surface area (Å²) in [5, 5.41) is 0.777. The van der Waals surface area contributed by atoms with Gasteiger partial charge in [-0.3, -0.25) is 0 Å². The number of fused-ring (bicyclic) bond motifs is 1. The van der Waals surface area contributed by atoms with Crippen LogP contribution in [-0.4, -0.2) is 15.4 Å². The van der Waals surface area contributed by atoms with E-state index in [0.29, 0.717) is 11.9 Å². The molecule has 2 aromatic rings. The molecule has 1 aromatic heterocycles. The minimum atomic E-state index is 0.576. The SMILES string of the molecule is ClCCc1nc2ccc(Cl)cc2n1C1CCCC1. The van der Waals surface area contributed by atoms with Crippen LogP contribution >= 0.6 is 23.2 Å². The second-order valence-electron chi connectivity index (χ2n) is 4.91. The van der Waals surface area contributed by atoms with E-state index >= 15 is 0 Å². The number of nitrogens with zero attached hydrogens (tertiary/aromatic N) is 2. The first-order valence-corrected chi connectivity index (χ1v) is 7.43. The van der Waals surface area contributed by atoms with Gasteiger partial charge < -0.3 is 4.57 Å². The van der Waals surface area contributed by atoms with Gasteiger partial charge in [0, 0.05) is 23.4 Å². The maximum Gasteiger partial charge on any atom is 0.111 e. The van der Waals surface area contributed by atoms with Crippen molar-refractivity contribution in [1.82, 2.24) is 9.55 Å². The molecule has 0 aliphatic heterocycles. The van der Waals surface area contributed by atoms with Crippen molar-refractivity contribution < 1.29 is 0 Å². The van der Waals surface area contributed by atoms with E-state index in [1.807, 2.05) is 18.2 Å². The largest absolute Gasteiger partial charge is 0.325 e. The Hall–Kier alpha value is -0.730. The van der Waals surface area contributed by atoms with E-state index in [1.54, 1.807) is 0 Å². The highest BCUT2D eigenvalue weighted by atomic mass is 35.5. The Morgan fingerprint density at radius 2 is 2.06 bits per heavy atom. The summed E-state index contributed by atoms with van der Waals surface area (Å²) in [7, 11) is 0. The third kappa shape index (κ3) is 2.12. The summed E-state index contributed by atoms with van der Waals surface area (Å²) >= 11 is 12.0. The minimum Gasteiger partial charge on any atom is -0.325 e. The molecule has 1 aromatic carbocycles. The number of halogens is 2. The average molecular weight is 283 g/mol. The van der Waals surface area contributed by atoms with E-state index in [1.165, 1.54) is 25.7 Å². The molecule has 1 aliphatic rings. The zero-order valence-corrected chi connectivity index (χ0v) is 11.7. The molecule has 0 N–H and O–H groups in total. The van der Waals surface area contributed by atoms with Crippen LogP contribution in [0, 0.1) is 0 Å². The summed E-state index contributed by atoms with van der Waals surface area (Å²) in [6, 6.07) is 6.51. The van der Waals surface area contributed by atoms with Gasteiger partial charge in [0.2, 0.25) is 0 Å². The first-order valence-electron chi connectivity index (χ1n) is 6.52. The topological polar surface area (TPSA) is 17.8 Å². The van der Waals surface area contributed by atoms with E-state index in [4.69, 9.17) is 28.2 Å². The number of rotatable bonds is 3. The molecule has 1 heterocycles. The average Bonchev–Trinajstić information content (AvgIpc) is 2.95. The van der Waals surface area contributed by atoms with Crippen molar-refractivity contribution in [3.8, 4) is 0 Å². The van der Waals surface area contributed by atoms with Gasteiger partial charge in [0.1, 0.15) is 5.82 Å². The van der Waals surface area contributed by atoms with Crippen molar-refractivity contribution in [1.29, 1.82) is 0 Å². The van der Waals surface area contributed by atoms with Crippen LogP contribution in [0.2, 0.25) is 5.02 Å². The lowest BCUT2D eigenvalue weighted by Gasteiger charge is -2.16. The van der Waals surface area contributed by atoms with Gasteiger partial charge >= 0.3 is 0 Å². The van der Waals surface area contributed by atoms with Crippen LogP contribution in [0.5, 0.6) is 0 Å². The van der Waals surface area contributed by atoms with Crippen LogP contribution < -0.4 is 0 Å². The van der Waals surface area contributed by atoms with Crippen molar-refractivity contribution in [3.05, 3.63) is 29.0 Å². The normalized spacial score (nSPS) is 16.8. The number of hydrogen-bond donors (Lipinski definition) is 0. The number of aromatic nitrogens is 2. The lowest BCUT2D eigenvalue weighted by atomic mass is 10.2. The lowest BCUT2D eigenvalue weighted by Crippen LogP contribution is -2.09. The molecule has 0 amide bonds. The third-order valence-corrected chi connectivity index (χ3v) is 4.16. The number of alkyl halides is 1. The Kier molecular flexibility index (Phi) is 3.49. The molecule has 1 fully saturated rings. The summed E-state index contributed by atoms with van der Waals surface area (Å²) < 4.78 is 2.37. The molecule has 1 aliphatic carbocycles. The van der Waals surface area contributed by atoms with Crippen molar-refractivity contribution in [3.63, 3.8) is 0 Å². The van der Waals surface area contributed by atoms with Crippen molar-refractivity contribution >= 4 is 34.2 Å². The first-order chi connectivity index (χ1) is 8.79. The Labute approximate surface area is 117 Å². The van der Waals surface area contributed by atoms with Crippen LogP contribution in [0.3, 0.4) is 0 Å². The smallest absolute Gasteiger partial charge is 0.111 e. The molecule has 0 unspecified atom stereocenters. The van der Waals surface area contributed by atoms with Gasteiger partial charge in [-0.05, 0) is 31.0 Å². The predicted molar refractivity (Wildman–Crippen MR) is 76.7 cm³/mol. The molecule has 0 saturated heterocycles. The van der Waals surface area contributed by atoms with Gasteiger partial charge in [-0.1, -0.05) is 24.4 Å². The fraction of sp³-hybridized carbons (Fsp3) is 0.500. The van der Waals surface area contributed by atoms with Crippen LogP contribution in [0.1, 0.15) is 37.5 Å². The van der Waals surface area contributed by atoms with Crippen LogP contribution in [-0.2, 0) is 6.42 Å². The molecule has 2 nitrogen and oxygen atoms in total. The van der Waals surface area contributed by atoms with E-state index in [0.717, 1.165) is 28.3 Å². The molecule has 96 valence electrons. The molecule has 0 atom stereocenters. The van der Waals surface area contributed by atoms with Gasteiger partial charge in [-0.25, -0.2) is 4.98 Å². The Morgan fingerprint density at radius 1 is 1.28 bits per heavy atom. The maximum atomic E-state index is 6.12. The third-order valence-electron chi connectivity index (χ3n) is 3.73. The van der Waals surface area contributed by atoms with Crippen LogP contribution in [0.15, 0.2) is 18.2 Å². The van der Waals surface area contributed by atoms with Crippen molar-refractivity contribution in [2.75, 3.05) is 5.88 Å². The highest BCUT2D eigenvalue weighted by Crippen LogP contribution is 2.34. The Bertz CT molecular complexity index is 556. The number of aryl methyl sites for hydroxylation is 1. The van der Waals surface area contributed by atoms with E-state index in [9.17, 15) is 0 Å². The summed E-state index contributed by atoms with van der Waals surface area (Å²) in [6.07, 6.45) is 5.93. The van der Waals surface area contributed by atoms with Crippen molar-refractivity contribution in [2.24, 2.45) is 0 Å². The van der Waals surface area contributed by atoms with Gasteiger partial charge in [0.15, 0.2) is 0 Å². The van der Waals surface area contributed by atoms with E-state index in [-0.39, 0.29) is 0 Å². The highest BCUT2D eigenvalue weighted by Gasteiger charge is 2.22. The molecule has 1 saturated carbocycles. The lowest BCUT2D eigenvalue weighted by molar-refractivity contribution is 0.513. The fourth-order valence-electron chi connectivity index (χ4n) is 2.95. The van der Waals surface area contributed by atoms with E-state index in [2.05, 4.69) is 4.57 Å². The van der Waals surface area contributed by atoms with Gasteiger partial charge in [-0.15, -0.1) is 11.6 Å². The molecule has 0 bridgehead atoms. The van der Waals surface area contributed by atoms with Crippen LogP contribution in [0.25, 0.3) is 11.0 Å². The minimum absolute atomic E-state index is 0.576. The zero-order chi connectivity index (χ0) is 12.5. The van der Waals surface area contributed by atoms with Gasteiger partial charge in [0.05, 0.1) is 11.0 Å². The fourth-order valence-corrected chi connectivity index (χ4v) is 3.28. The molecular formula is C14H16Cl2N2. The summed E-state index contributed by atoms with van der Waals surface area (Å²) in [5.74, 6) is 1.72. The quantitative estimate of drug-likeness (QED) is 0.753. The number of hydrogen-bond acceptors (Lipinski definition) is 1. The molecule has 4 heteroatoms.